The lowest BCUT2D eigenvalue weighted by Crippen LogP contribution is -2.50. The fourth-order valence-electron chi connectivity index (χ4n) is 2.68. The number of urea groups is 1. The molecule has 0 aliphatic carbocycles. The van der Waals surface area contributed by atoms with Crippen LogP contribution in [-0.4, -0.2) is 64.5 Å². The molecule has 1 aliphatic rings. The molecule has 3 rings (SSSR count). The Balaban J connectivity index is 1.66. The van der Waals surface area contributed by atoms with Gasteiger partial charge in [-0.25, -0.2) is 14.6 Å². The van der Waals surface area contributed by atoms with Gasteiger partial charge in [0.25, 0.3) is 0 Å². The first kappa shape index (κ1) is 20.6. The molecule has 11 heteroatoms. The zero-order valence-electron chi connectivity index (χ0n) is 15.6. The Bertz CT molecular complexity index is 879. The number of morpholine rings is 1. The summed E-state index contributed by atoms with van der Waals surface area (Å²) in [5.74, 6) is 0.629. The van der Waals surface area contributed by atoms with Crippen molar-refractivity contribution in [2.24, 2.45) is 0 Å². The number of anilines is 2. The van der Waals surface area contributed by atoms with Crippen molar-refractivity contribution in [1.29, 1.82) is 0 Å². The van der Waals surface area contributed by atoms with Crippen LogP contribution in [0.1, 0.15) is 5.69 Å². The molecule has 1 aliphatic heterocycles. The molecule has 0 saturated carbocycles. The SMILES string of the molecule is Cc1cnc(NC(=O)Nc2cc(Cl)ccc2OC[C@H]2COCCN2C(=O)O)cn1. The fourth-order valence-corrected chi connectivity index (χ4v) is 2.86. The number of carbonyl (C=O) groups excluding carboxylic acids is 1. The minimum Gasteiger partial charge on any atom is -0.489 e. The molecule has 1 aromatic carbocycles. The molecule has 1 aromatic heterocycles. The summed E-state index contributed by atoms with van der Waals surface area (Å²) in [5, 5.41) is 14.9. The van der Waals surface area contributed by atoms with Crippen LogP contribution in [0.3, 0.4) is 0 Å². The first-order chi connectivity index (χ1) is 13.9. The Morgan fingerprint density at radius 1 is 1.34 bits per heavy atom. The number of rotatable bonds is 5. The molecule has 3 amide bonds. The van der Waals surface area contributed by atoms with E-state index in [0.29, 0.717) is 23.1 Å². The molecule has 3 N–H and O–H groups in total. The van der Waals surface area contributed by atoms with Crippen molar-refractivity contribution in [3.8, 4) is 5.75 Å². The summed E-state index contributed by atoms with van der Waals surface area (Å²) in [4.78, 5) is 33.0. The number of carbonyl (C=O) groups is 2. The standard InChI is InChI=1S/C18H20ClN5O5/c1-11-7-21-16(8-20-11)23-17(25)22-14-6-12(19)2-3-15(14)29-10-13-9-28-5-4-24(13)18(26)27/h2-3,6-8,13H,4-5,9-10H2,1H3,(H,26,27)(H2,21,22,23,25)/t13-/m1/s1. The maximum absolute atomic E-state index is 12.3. The number of halogens is 1. The van der Waals surface area contributed by atoms with E-state index in [2.05, 4.69) is 20.6 Å². The van der Waals surface area contributed by atoms with Gasteiger partial charge in [0.15, 0.2) is 5.82 Å². The van der Waals surface area contributed by atoms with Crippen molar-refractivity contribution in [3.63, 3.8) is 0 Å². The summed E-state index contributed by atoms with van der Waals surface area (Å²) < 4.78 is 11.1. The van der Waals surface area contributed by atoms with Crippen molar-refractivity contribution in [2.75, 3.05) is 37.0 Å². The summed E-state index contributed by atoms with van der Waals surface area (Å²) in [6, 6.07) is 3.73. The largest absolute Gasteiger partial charge is 0.489 e. The number of aromatic nitrogens is 2. The quantitative estimate of drug-likeness (QED) is 0.677. The highest BCUT2D eigenvalue weighted by atomic mass is 35.5. The number of aryl methyl sites for hydroxylation is 1. The fraction of sp³-hybridized carbons (Fsp3) is 0.333. The third kappa shape index (κ3) is 5.69. The van der Waals surface area contributed by atoms with Gasteiger partial charge in [0.05, 0.1) is 43.0 Å². The summed E-state index contributed by atoms with van der Waals surface area (Å²) in [6.45, 7) is 2.70. The van der Waals surface area contributed by atoms with Crippen molar-refractivity contribution < 1.29 is 24.2 Å². The number of hydrogen-bond acceptors (Lipinski definition) is 6. The van der Waals surface area contributed by atoms with Gasteiger partial charge in [-0.15, -0.1) is 0 Å². The summed E-state index contributed by atoms with van der Waals surface area (Å²) >= 11 is 6.04. The third-order valence-electron chi connectivity index (χ3n) is 4.12. The number of ether oxygens (including phenoxy) is 2. The molecular weight excluding hydrogens is 402 g/mol. The molecule has 1 saturated heterocycles. The Morgan fingerprint density at radius 3 is 2.90 bits per heavy atom. The van der Waals surface area contributed by atoms with Crippen LogP contribution in [0, 0.1) is 6.92 Å². The highest BCUT2D eigenvalue weighted by molar-refractivity contribution is 6.31. The number of nitrogens with zero attached hydrogens (tertiary/aromatic N) is 3. The third-order valence-corrected chi connectivity index (χ3v) is 4.35. The maximum atomic E-state index is 12.3. The molecule has 0 spiro atoms. The van der Waals surface area contributed by atoms with Crippen LogP contribution < -0.4 is 15.4 Å². The van der Waals surface area contributed by atoms with Gasteiger partial charge in [0.2, 0.25) is 0 Å². The van der Waals surface area contributed by atoms with E-state index in [1.165, 1.54) is 23.4 Å². The van der Waals surface area contributed by atoms with Crippen LogP contribution in [0.5, 0.6) is 5.75 Å². The Hall–Kier alpha value is -3.11. The second-order valence-electron chi connectivity index (χ2n) is 6.28. The van der Waals surface area contributed by atoms with Crippen molar-refractivity contribution >= 4 is 35.2 Å². The zero-order valence-corrected chi connectivity index (χ0v) is 16.3. The van der Waals surface area contributed by atoms with E-state index in [0.717, 1.165) is 5.69 Å². The molecule has 0 bridgehead atoms. The first-order valence-corrected chi connectivity index (χ1v) is 9.16. The van der Waals surface area contributed by atoms with Crippen LogP contribution in [-0.2, 0) is 4.74 Å². The van der Waals surface area contributed by atoms with Gasteiger partial charge in [-0.2, -0.15) is 0 Å². The predicted octanol–water partition coefficient (Wildman–Crippen LogP) is 2.84. The second-order valence-corrected chi connectivity index (χ2v) is 6.71. The lowest BCUT2D eigenvalue weighted by Gasteiger charge is -2.33. The number of benzene rings is 1. The monoisotopic (exact) mass is 421 g/mol. The van der Waals surface area contributed by atoms with E-state index >= 15 is 0 Å². The minimum atomic E-state index is -1.03. The number of amides is 3. The molecule has 0 radical (unpaired) electrons. The molecule has 29 heavy (non-hydrogen) atoms. The summed E-state index contributed by atoms with van der Waals surface area (Å²) in [6.07, 6.45) is 1.94. The maximum Gasteiger partial charge on any atom is 0.407 e. The summed E-state index contributed by atoms with van der Waals surface area (Å²) in [5.41, 5.74) is 1.05. The van der Waals surface area contributed by atoms with Crippen LogP contribution >= 0.6 is 11.6 Å². The molecular formula is C18H20ClN5O5. The van der Waals surface area contributed by atoms with Gasteiger partial charge in [0.1, 0.15) is 12.4 Å². The molecule has 1 atom stereocenters. The van der Waals surface area contributed by atoms with E-state index in [9.17, 15) is 14.7 Å². The molecule has 1 fully saturated rings. The highest BCUT2D eigenvalue weighted by Crippen LogP contribution is 2.28. The lowest BCUT2D eigenvalue weighted by molar-refractivity contribution is -0.0147. The molecule has 2 aromatic rings. The molecule has 0 unspecified atom stereocenters. The van der Waals surface area contributed by atoms with E-state index < -0.39 is 18.2 Å². The van der Waals surface area contributed by atoms with Gasteiger partial charge in [-0.05, 0) is 25.1 Å². The average molecular weight is 422 g/mol. The van der Waals surface area contributed by atoms with Gasteiger partial charge >= 0.3 is 12.1 Å². The second kappa shape index (κ2) is 9.39. The van der Waals surface area contributed by atoms with Gasteiger partial charge < -0.3 is 19.9 Å². The first-order valence-electron chi connectivity index (χ1n) is 8.78. The molecule has 10 nitrogen and oxygen atoms in total. The predicted molar refractivity (Wildman–Crippen MR) is 106 cm³/mol. The van der Waals surface area contributed by atoms with Crippen molar-refractivity contribution in [2.45, 2.75) is 13.0 Å². The smallest absolute Gasteiger partial charge is 0.407 e. The van der Waals surface area contributed by atoms with E-state index in [1.807, 2.05) is 0 Å². The summed E-state index contributed by atoms with van der Waals surface area (Å²) in [7, 11) is 0. The average Bonchev–Trinajstić information content (AvgIpc) is 2.69. The molecule has 154 valence electrons. The number of carboxylic acid groups (broad SMARTS) is 1. The van der Waals surface area contributed by atoms with E-state index in [-0.39, 0.29) is 25.6 Å². The lowest BCUT2D eigenvalue weighted by atomic mass is 10.2. The van der Waals surface area contributed by atoms with E-state index in [4.69, 9.17) is 21.1 Å². The van der Waals surface area contributed by atoms with Crippen molar-refractivity contribution in [1.82, 2.24) is 14.9 Å². The van der Waals surface area contributed by atoms with Crippen LogP contribution in [0.25, 0.3) is 0 Å². The Morgan fingerprint density at radius 2 is 2.17 bits per heavy atom. The molecule has 2 heterocycles. The van der Waals surface area contributed by atoms with Crippen LogP contribution in [0.15, 0.2) is 30.6 Å². The van der Waals surface area contributed by atoms with Crippen molar-refractivity contribution in [3.05, 3.63) is 41.3 Å². The Kier molecular flexibility index (Phi) is 6.68. The normalized spacial score (nSPS) is 16.2. The highest BCUT2D eigenvalue weighted by Gasteiger charge is 2.28. The number of hydrogen-bond donors (Lipinski definition) is 3. The topological polar surface area (TPSA) is 126 Å². The van der Waals surface area contributed by atoms with Gasteiger partial charge in [0, 0.05) is 11.6 Å². The van der Waals surface area contributed by atoms with E-state index in [1.54, 1.807) is 19.1 Å². The van der Waals surface area contributed by atoms with Crippen LogP contribution in [0.2, 0.25) is 5.02 Å². The van der Waals surface area contributed by atoms with Gasteiger partial charge in [-0.1, -0.05) is 11.6 Å². The number of nitrogens with one attached hydrogen (secondary N) is 2. The minimum absolute atomic E-state index is 0.0632. The Labute approximate surface area is 171 Å². The van der Waals surface area contributed by atoms with Gasteiger partial charge in [-0.3, -0.25) is 15.2 Å². The zero-order chi connectivity index (χ0) is 20.8. The van der Waals surface area contributed by atoms with Crippen LogP contribution in [0.4, 0.5) is 21.1 Å².